The van der Waals surface area contributed by atoms with Crippen LogP contribution in [0.3, 0.4) is 0 Å². The fourth-order valence-corrected chi connectivity index (χ4v) is 3.29. The number of rotatable bonds is 2. The average Bonchev–Trinajstić information content (AvgIpc) is 2.84. The predicted molar refractivity (Wildman–Crippen MR) is 65.7 cm³/mol. The highest BCUT2D eigenvalue weighted by Gasteiger charge is 2.29. The van der Waals surface area contributed by atoms with Gasteiger partial charge in [0.15, 0.2) is 0 Å². The molecule has 0 bridgehead atoms. The fourth-order valence-electron chi connectivity index (χ4n) is 1.96. The molecule has 1 aliphatic heterocycles. The second-order valence-electron chi connectivity index (χ2n) is 4.08. The van der Waals surface area contributed by atoms with E-state index in [4.69, 9.17) is 4.74 Å². The van der Waals surface area contributed by atoms with Gasteiger partial charge in [-0.1, -0.05) is 12.1 Å². The molecule has 0 radical (unpaired) electrons. The molecule has 1 saturated heterocycles. The van der Waals surface area contributed by atoms with Crippen molar-refractivity contribution in [1.82, 2.24) is 14.3 Å². The number of para-hydroxylation sites is 2. The first kappa shape index (κ1) is 11.6. The van der Waals surface area contributed by atoms with Crippen LogP contribution >= 0.6 is 0 Å². The standard InChI is InChI=1S/C11H13N3O3S/c15-18(16,14-5-7-17-8-6-14)11-12-9-3-1-2-4-10(9)13-11/h1-4H,5-8H2,(H,12,13). The summed E-state index contributed by atoms with van der Waals surface area (Å²) in [5.74, 6) is 0. The third-order valence-corrected chi connectivity index (χ3v) is 4.65. The first-order valence-electron chi connectivity index (χ1n) is 5.70. The Labute approximate surface area is 105 Å². The Morgan fingerprint density at radius 3 is 2.67 bits per heavy atom. The van der Waals surface area contributed by atoms with Crippen molar-refractivity contribution in [3.05, 3.63) is 24.3 Å². The number of aromatic nitrogens is 2. The van der Waals surface area contributed by atoms with Crippen LogP contribution in [0.4, 0.5) is 0 Å². The molecule has 1 aromatic heterocycles. The number of H-pyrrole nitrogens is 1. The van der Waals surface area contributed by atoms with Crippen molar-refractivity contribution < 1.29 is 13.2 Å². The van der Waals surface area contributed by atoms with Gasteiger partial charge in [-0.2, -0.15) is 4.31 Å². The number of nitrogens with one attached hydrogen (secondary N) is 1. The Hall–Kier alpha value is -1.44. The Kier molecular flexibility index (Phi) is 2.81. The summed E-state index contributed by atoms with van der Waals surface area (Å²) in [7, 11) is -3.54. The number of hydrogen-bond donors (Lipinski definition) is 1. The van der Waals surface area contributed by atoms with E-state index in [1.54, 1.807) is 12.1 Å². The molecule has 0 aliphatic carbocycles. The molecule has 1 N–H and O–H groups in total. The first-order chi connectivity index (χ1) is 8.68. The van der Waals surface area contributed by atoms with Crippen molar-refractivity contribution in [2.75, 3.05) is 26.3 Å². The van der Waals surface area contributed by atoms with Gasteiger partial charge < -0.3 is 9.72 Å². The minimum Gasteiger partial charge on any atom is -0.379 e. The number of morpholine rings is 1. The largest absolute Gasteiger partial charge is 0.379 e. The Morgan fingerprint density at radius 2 is 1.94 bits per heavy atom. The molecule has 7 heteroatoms. The van der Waals surface area contributed by atoms with Gasteiger partial charge in [0.25, 0.3) is 10.0 Å². The lowest BCUT2D eigenvalue weighted by molar-refractivity contribution is 0.0728. The van der Waals surface area contributed by atoms with E-state index in [0.29, 0.717) is 31.8 Å². The summed E-state index contributed by atoms with van der Waals surface area (Å²) in [6.45, 7) is 1.61. The van der Waals surface area contributed by atoms with E-state index in [2.05, 4.69) is 9.97 Å². The van der Waals surface area contributed by atoms with Crippen LogP contribution in [0, 0.1) is 0 Å². The summed E-state index contributed by atoms with van der Waals surface area (Å²) < 4.78 is 31.2. The van der Waals surface area contributed by atoms with E-state index in [0.717, 1.165) is 5.52 Å². The highest BCUT2D eigenvalue weighted by molar-refractivity contribution is 7.89. The quantitative estimate of drug-likeness (QED) is 0.863. The predicted octanol–water partition coefficient (Wildman–Crippen LogP) is 0.584. The molecule has 0 saturated carbocycles. The van der Waals surface area contributed by atoms with Gasteiger partial charge in [0.05, 0.1) is 24.2 Å². The molecule has 1 aliphatic rings. The van der Waals surface area contributed by atoms with E-state index < -0.39 is 10.0 Å². The molecule has 3 rings (SSSR count). The molecule has 2 heterocycles. The number of benzene rings is 1. The molecule has 1 fully saturated rings. The normalized spacial score (nSPS) is 18.2. The summed E-state index contributed by atoms with van der Waals surface area (Å²) in [4.78, 5) is 6.99. The third-order valence-electron chi connectivity index (χ3n) is 2.92. The smallest absolute Gasteiger partial charge is 0.276 e. The first-order valence-corrected chi connectivity index (χ1v) is 7.14. The van der Waals surface area contributed by atoms with Crippen molar-refractivity contribution in [3.63, 3.8) is 0 Å². The lowest BCUT2D eigenvalue weighted by Crippen LogP contribution is -2.41. The number of fused-ring (bicyclic) bond motifs is 1. The minimum atomic E-state index is -3.54. The summed E-state index contributed by atoms with van der Waals surface area (Å²) in [6.07, 6.45) is 0. The van der Waals surface area contributed by atoms with Crippen molar-refractivity contribution in [1.29, 1.82) is 0 Å². The molecule has 0 atom stereocenters. The molecule has 2 aromatic rings. The van der Waals surface area contributed by atoms with Crippen molar-refractivity contribution in [3.8, 4) is 0 Å². The monoisotopic (exact) mass is 267 g/mol. The molecule has 18 heavy (non-hydrogen) atoms. The van der Waals surface area contributed by atoms with Crippen molar-refractivity contribution >= 4 is 21.1 Å². The van der Waals surface area contributed by atoms with Crippen molar-refractivity contribution in [2.45, 2.75) is 5.16 Å². The van der Waals surface area contributed by atoms with Crippen LogP contribution < -0.4 is 0 Å². The van der Waals surface area contributed by atoms with E-state index in [9.17, 15) is 8.42 Å². The lowest BCUT2D eigenvalue weighted by Gasteiger charge is -2.24. The Bertz CT molecular complexity index is 626. The maximum Gasteiger partial charge on any atom is 0.276 e. The van der Waals surface area contributed by atoms with E-state index in [1.165, 1.54) is 4.31 Å². The molecule has 0 amide bonds. The van der Waals surface area contributed by atoms with Crippen LogP contribution in [0.5, 0.6) is 0 Å². The molecular formula is C11H13N3O3S. The average molecular weight is 267 g/mol. The highest BCUT2D eigenvalue weighted by Crippen LogP contribution is 2.18. The number of nitrogens with zero attached hydrogens (tertiary/aromatic N) is 2. The number of ether oxygens (including phenoxy) is 1. The van der Waals surface area contributed by atoms with Gasteiger partial charge >= 0.3 is 0 Å². The summed E-state index contributed by atoms with van der Waals surface area (Å²) >= 11 is 0. The van der Waals surface area contributed by atoms with Gasteiger partial charge in [-0.3, -0.25) is 0 Å². The van der Waals surface area contributed by atoms with Gasteiger partial charge in [0.2, 0.25) is 5.16 Å². The van der Waals surface area contributed by atoms with Gasteiger partial charge in [-0.05, 0) is 12.1 Å². The van der Waals surface area contributed by atoms with Crippen LogP contribution in [0.1, 0.15) is 0 Å². The van der Waals surface area contributed by atoms with Crippen LogP contribution in [-0.2, 0) is 14.8 Å². The van der Waals surface area contributed by atoms with E-state index >= 15 is 0 Å². The zero-order chi connectivity index (χ0) is 12.6. The second kappa shape index (κ2) is 4.34. The van der Waals surface area contributed by atoms with Crippen LogP contribution in [0.25, 0.3) is 11.0 Å². The molecule has 96 valence electrons. The third kappa shape index (κ3) is 1.90. The van der Waals surface area contributed by atoms with Crippen LogP contribution in [0.15, 0.2) is 29.4 Å². The number of sulfonamides is 1. The zero-order valence-corrected chi connectivity index (χ0v) is 10.5. The van der Waals surface area contributed by atoms with Gasteiger partial charge in [-0.25, -0.2) is 13.4 Å². The van der Waals surface area contributed by atoms with Gasteiger partial charge in [0.1, 0.15) is 0 Å². The molecule has 0 spiro atoms. The Balaban J connectivity index is 2.01. The van der Waals surface area contributed by atoms with Crippen LogP contribution in [-0.4, -0.2) is 49.0 Å². The maximum atomic E-state index is 12.3. The van der Waals surface area contributed by atoms with E-state index in [-0.39, 0.29) is 5.16 Å². The number of imidazole rings is 1. The molecule has 0 unspecified atom stereocenters. The van der Waals surface area contributed by atoms with Gasteiger partial charge in [0, 0.05) is 13.1 Å². The molecule has 1 aromatic carbocycles. The highest BCUT2D eigenvalue weighted by atomic mass is 32.2. The Morgan fingerprint density at radius 1 is 1.22 bits per heavy atom. The minimum absolute atomic E-state index is 0.00519. The zero-order valence-electron chi connectivity index (χ0n) is 9.67. The van der Waals surface area contributed by atoms with Gasteiger partial charge in [-0.15, -0.1) is 0 Å². The van der Waals surface area contributed by atoms with Crippen molar-refractivity contribution in [2.24, 2.45) is 0 Å². The maximum absolute atomic E-state index is 12.3. The summed E-state index contributed by atoms with van der Waals surface area (Å²) in [5, 5.41) is 0.00519. The molecule has 6 nitrogen and oxygen atoms in total. The van der Waals surface area contributed by atoms with Crippen LogP contribution in [0.2, 0.25) is 0 Å². The number of hydrogen-bond acceptors (Lipinski definition) is 4. The lowest BCUT2D eigenvalue weighted by atomic mass is 10.3. The summed E-state index contributed by atoms with van der Waals surface area (Å²) in [5.41, 5.74) is 1.38. The fraction of sp³-hybridized carbons (Fsp3) is 0.364. The summed E-state index contributed by atoms with van der Waals surface area (Å²) in [6, 6.07) is 7.25. The molecular weight excluding hydrogens is 254 g/mol. The number of aromatic amines is 1. The SMILES string of the molecule is O=S(=O)(c1nc2ccccc2[nH]1)N1CCOCC1. The topological polar surface area (TPSA) is 75.3 Å². The van der Waals surface area contributed by atoms with E-state index in [1.807, 2.05) is 12.1 Å². The second-order valence-corrected chi connectivity index (χ2v) is 5.93.